The van der Waals surface area contributed by atoms with Crippen LogP contribution in [0.4, 0.5) is 5.69 Å². The number of aromatic nitrogens is 1. The third-order valence-corrected chi connectivity index (χ3v) is 3.86. The number of pyridine rings is 1. The van der Waals surface area contributed by atoms with E-state index < -0.39 is 0 Å². The van der Waals surface area contributed by atoms with Crippen LogP contribution in [0.3, 0.4) is 0 Å². The molecule has 0 bridgehead atoms. The molecule has 4 nitrogen and oxygen atoms in total. The lowest BCUT2D eigenvalue weighted by Gasteiger charge is -2.08. The van der Waals surface area contributed by atoms with Crippen LogP contribution in [-0.4, -0.2) is 17.6 Å². The maximum Gasteiger partial charge on any atom is 0.338 e. The number of hydrogen-bond acceptors (Lipinski definition) is 4. The summed E-state index contributed by atoms with van der Waals surface area (Å²) in [6, 6.07) is 9.13. The lowest BCUT2D eigenvalue weighted by molar-refractivity contribution is 0.0526. The molecule has 1 N–H and O–H groups in total. The van der Waals surface area contributed by atoms with Crippen molar-refractivity contribution in [2.24, 2.45) is 0 Å². The number of hydrogen-bond donors (Lipinski definition) is 1. The highest BCUT2D eigenvalue weighted by atomic mass is 79.9. The number of esters is 1. The van der Waals surface area contributed by atoms with Crippen LogP contribution in [0.5, 0.6) is 0 Å². The second-order valence-corrected chi connectivity index (χ2v) is 6.00. The van der Waals surface area contributed by atoms with Gasteiger partial charge in [-0.1, -0.05) is 0 Å². The zero-order valence-electron chi connectivity index (χ0n) is 11.4. The van der Waals surface area contributed by atoms with Gasteiger partial charge in [0.25, 0.3) is 0 Å². The van der Waals surface area contributed by atoms with Crippen molar-refractivity contribution in [1.82, 2.24) is 4.98 Å². The van der Waals surface area contributed by atoms with E-state index in [1.807, 2.05) is 18.2 Å². The summed E-state index contributed by atoms with van der Waals surface area (Å²) < 4.78 is 6.81. The summed E-state index contributed by atoms with van der Waals surface area (Å²) in [5.41, 5.74) is 2.37. The molecule has 0 spiro atoms. The molecule has 0 radical (unpaired) electrons. The van der Waals surface area contributed by atoms with Crippen molar-refractivity contribution in [2.45, 2.75) is 13.5 Å². The third-order valence-electron chi connectivity index (χ3n) is 2.74. The molecule has 0 saturated carbocycles. The highest BCUT2D eigenvalue weighted by Crippen LogP contribution is 2.20. The normalized spacial score (nSPS) is 10.2. The van der Waals surface area contributed by atoms with Crippen LogP contribution in [0.1, 0.15) is 23.0 Å². The Kier molecular flexibility index (Phi) is 5.76. The fourth-order valence-corrected chi connectivity index (χ4v) is 2.83. The Morgan fingerprint density at radius 2 is 2.00 bits per heavy atom. The molecule has 0 aliphatic carbocycles. The van der Waals surface area contributed by atoms with Crippen LogP contribution >= 0.6 is 31.9 Å². The van der Waals surface area contributed by atoms with E-state index in [0.29, 0.717) is 18.7 Å². The number of ether oxygens (including phenoxy) is 1. The first kappa shape index (κ1) is 16.0. The molecule has 0 amide bonds. The Morgan fingerprint density at radius 3 is 2.62 bits per heavy atom. The highest BCUT2D eigenvalue weighted by molar-refractivity contribution is 9.11. The Hall–Kier alpha value is -1.40. The summed E-state index contributed by atoms with van der Waals surface area (Å²) in [6.07, 6.45) is 1.76. The van der Waals surface area contributed by atoms with Gasteiger partial charge in [-0.25, -0.2) is 4.79 Å². The van der Waals surface area contributed by atoms with Gasteiger partial charge in [-0.15, -0.1) is 0 Å². The average Bonchev–Trinajstić information content (AvgIpc) is 2.47. The van der Waals surface area contributed by atoms with Gasteiger partial charge < -0.3 is 10.1 Å². The number of carbonyl (C=O) groups is 1. The molecule has 1 heterocycles. The number of rotatable bonds is 5. The summed E-state index contributed by atoms with van der Waals surface area (Å²) in [6.45, 7) is 2.76. The van der Waals surface area contributed by atoms with Gasteiger partial charge in [0.1, 0.15) is 0 Å². The second-order valence-electron chi connectivity index (χ2n) is 4.23. The van der Waals surface area contributed by atoms with Crippen LogP contribution in [0.2, 0.25) is 0 Å². The summed E-state index contributed by atoms with van der Waals surface area (Å²) in [4.78, 5) is 15.9. The Morgan fingerprint density at radius 1 is 1.29 bits per heavy atom. The minimum Gasteiger partial charge on any atom is -0.462 e. The fourth-order valence-electron chi connectivity index (χ4n) is 1.70. The van der Waals surface area contributed by atoms with Crippen LogP contribution in [0.25, 0.3) is 0 Å². The van der Waals surface area contributed by atoms with E-state index >= 15 is 0 Å². The predicted octanol–water partition coefficient (Wildman–Crippen LogP) is 4.40. The smallest absolute Gasteiger partial charge is 0.338 e. The molecule has 21 heavy (non-hydrogen) atoms. The summed E-state index contributed by atoms with van der Waals surface area (Å²) >= 11 is 6.84. The van der Waals surface area contributed by atoms with Gasteiger partial charge >= 0.3 is 5.97 Å². The van der Waals surface area contributed by atoms with Gasteiger partial charge in [-0.3, -0.25) is 4.98 Å². The monoisotopic (exact) mass is 412 g/mol. The predicted molar refractivity (Wildman–Crippen MR) is 89.4 cm³/mol. The van der Waals surface area contributed by atoms with Crippen molar-refractivity contribution in [3.8, 4) is 0 Å². The summed E-state index contributed by atoms with van der Waals surface area (Å²) in [7, 11) is 0. The van der Waals surface area contributed by atoms with E-state index in [9.17, 15) is 4.79 Å². The van der Waals surface area contributed by atoms with Crippen molar-refractivity contribution < 1.29 is 9.53 Å². The zero-order valence-corrected chi connectivity index (χ0v) is 14.6. The molecule has 0 aliphatic rings. The van der Waals surface area contributed by atoms with E-state index in [2.05, 4.69) is 42.2 Å². The molecule has 0 aliphatic heterocycles. The fraction of sp³-hybridized carbons (Fsp3) is 0.200. The van der Waals surface area contributed by atoms with Crippen LogP contribution in [-0.2, 0) is 11.3 Å². The number of anilines is 1. The Bertz CT molecular complexity index is 630. The first-order chi connectivity index (χ1) is 10.1. The summed E-state index contributed by atoms with van der Waals surface area (Å²) in [5, 5.41) is 3.26. The Balaban J connectivity index is 1.99. The summed E-state index contributed by atoms with van der Waals surface area (Å²) in [5.74, 6) is -0.304. The standard InChI is InChI=1S/C15H14Br2N2O2/c1-2-21-15(20)10-3-5-12(6-4-10)18-9-14-13(17)7-11(16)8-19-14/h3-8,18H,2,9H2,1H3. The number of halogens is 2. The lowest BCUT2D eigenvalue weighted by atomic mass is 10.2. The molecule has 0 fully saturated rings. The first-order valence-electron chi connectivity index (χ1n) is 6.41. The number of nitrogens with zero attached hydrogens (tertiary/aromatic N) is 1. The average molecular weight is 414 g/mol. The molecular formula is C15H14Br2N2O2. The molecule has 110 valence electrons. The van der Waals surface area contributed by atoms with Crippen LogP contribution < -0.4 is 5.32 Å². The molecule has 0 unspecified atom stereocenters. The lowest BCUT2D eigenvalue weighted by Crippen LogP contribution is -2.05. The molecule has 2 rings (SSSR count). The quantitative estimate of drug-likeness (QED) is 0.738. The van der Waals surface area contributed by atoms with Gasteiger partial charge in [0, 0.05) is 20.8 Å². The van der Waals surface area contributed by atoms with Crippen molar-refractivity contribution in [1.29, 1.82) is 0 Å². The molecule has 1 aromatic carbocycles. The van der Waals surface area contributed by atoms with E-state index in [-0.39, 0.29) is 5.97 Å². The van der Waals surface area contributed by atoms with Crippen molar-refractivity contribution in [2.75, 3.05) is 11.9 Å². The van der Waals surface area contributed by atoms with Crippen molar-refractivity contribution in [3.63, 3.8) is 0 Å². The van der Waals surface area contributed by atoms with E-state index in [0.717, 1.165) is 20.3 Å². The molecule has 6 heteroatoms. The van der Waals surface area contributed by atoms with E-state index in [4.69, 9.17) is 4.74 Å². The topological polar surface area (TPSA) is 51.2 Å². The SMILES string of the molecule is CCOC(=O)c1ccc(NCc2ncc(Br)cc2Br)cc1. The highest BCUT2D eigenvalue weighted by Gasteiger charge is 2.06. The number of carbonyl (C=O) groups excluding carboxylic acids is 1. The third kappa shape index (κ3) is 4.54. The molecule has 2 aromatic rings. The Labute approximate surface area is 140 Å². The minimum atomic E-state index is -0.304. The van der Waals surface area contributed by atoms with Gasteiger partial charge in [-0.2, -0.15) is 0 Å². The minimum absolute atomic E-state index is 0.304. The molecular weight excluding hydrogens is 400 g/mol. The molecule has 1 aromatic heterocycles. The largest absolute Gasteiger partial charge is 0.462 e. The van der Waals surface area contributed by atoms with Gasteiger partial charge in [0.05, 0.1) is 24.4 Å². The van der Waals surface area contributed by atoms with Gasteiger partial charge in [0.15, 0.2) is 0 Å². The molecule has 0 saturated heterocycles. The number of nitrogens with one attached hydrogen (secondary N) is 1. The first-order valence-corrected chi connectivity index (χ1v) is 7.99. The van der Waals surface area contributed by atoms with Gasteiger partial charge in [0.2, 0.25) is 0 Å². The number of benzene rings is 1. The maximum absolute atomic E-state index is 11.5. The van der Waals surface area contributed by atoms with E-state index in [1.165, 1.54) is 0 Å². The van der Waals surface area contributed by atoms with Gasteiger partial charge in [-0.05, 0) is 69.1 Å². The van der Waals surface area contributed by atoms with Crippen molar-refractivity contribution in [3.05, 3.63) is 56.7 Å². The molecule has 0 atom stereocenters. The van der Waals surface area contributed by atoms with Crippen molar-refractivity contribution >= 4 is 43.5 Å². The maximum atomic E-state index is 11.5. The second kappa shape index (κ2) is 7.56. The van der Waals surface area contributed by atoms with E-state index in [1.54, 1.807) is 25.3 Å². The zero-order chi connectivity index (χ0) is 15.2. The van der Waals surface area contributed by atoms with Crippen LogP contribution in [0.15, 0.2) is 45.5 Å². The van der Waals surface area contributed by atoms with Crippen LogP contribution in [0, 0.1) is 0 Å².